The fraction of sp³-hybridized carbons (Fsp3) is 0.391. The van der Waals surface area contributed by atoms with E-state index >= 15 is 0 Å². The van der Waals surface area contributed by atoms with Gasteiger partial charge in [-0.1, -0.05) is 42.5 Å². The van der Waals surface area contributed by atoms with Crippen LogP contribution in [-0.2, 0) is 13.1 Å². The minimum absolute atomic E-state index is 0.0140. The summed E-state index contributed by atoms with van der Waals surface area (Å²) in [6.45, 7) is 5.03. The van der Waals surface area contributed by atoms with Crippen LogP contribution in [0.2, 0.25) is 0 Å². The number of rotatable bonds is 5. The molecule has 0 radical (unpaired) electrons. The van der Waals surface area contributed by atoms with Crippen LogP contribution in [0, 0.1) is 0 Å². The molecular formula is C23H29N5O. The van der Waals surface area contributed by atoms with Crippen LogP contribution < -0.4 is 10.6 Å². The Labute approximate surface area is 171 Å². The molecule has 0 spiro atoms. The first-order chi connectivity index (χ1) is 14.1. The van der Waals surface area contributed by atoms with E-state index < -0.39 is 0 Å². The van der Waals surface area contributed by atoms with Gasteiger partial charge >= 0.3 is 0 Å². The SMILES string of the molecule is CCn1c(C(=O)N(C)Cc2cccc3ccccc23)cnc1N1CCCC(N)C1. The Balaban J connectivity index is 1.57. The number of anilines is 1. The summed E-state index contributed by atoms with van der Waals surface area (Å²) in [5.41, 5.74) is 7.92. The van der Waals surface area contributed by atoms with Gasteiger partial charge in [-0.3, -0.25) is 4.79 Å². The Morgan fingerprint density at radius 3 is 2.83 bits per heavy atom. The highest BCUT2D eigenvalue weighted by atomic mass is 16.2. The van der Waals surface area contributed by atoms with Crippen molar-refractivity contribution in [2.75, 3.05) is 25.0 Å². The third-order valence-corrected chi connectivity index (χ3v) is 5.74. The Morgan fingerprint density at radius 2 is 2.03 bits per heavy atom. The molecule has 2 N–H and O–H groups in total. The van der Waals surface area contributed by atoms with E-state index in [9.17, 15) is 4.79 Å². The van der Waals surface area contributed by atoms with Gasteiger partial charge in [-0.25, -0.2) is 4.98 Å². The standard InChI is InChI=1S/C23H29N5O/c1-3-28-21(14-25-23(28)27-13-7-11-19(24)16-27)22(29)26(2)15-18-10-6-9-17-8-4-5-12-20(17)18/h4-6,8-10,12,14,19H,3,7,11,13,15-16,24H2,1-2H3. The summed E-state index contributed by atoms with van der Waals surface area (Å²) >= 11 is 0. The lowest BCUT2D eigenvalue weighted by Crippen LogP contribution is -2.44. The van der Waals surface area contributed by atoms with E-state index in [1.165, 1.54) is 10.8 Å². The Morgan fingerprint density at radius 1 is 1.24 bits per heavy atom. The highest BCUT2D eigenvalue weighted by Crippen LogP contribution is 2.23. The van der Waals surface area contributed by atoms with Crippen molar-refractivity contribution in [1.29, 1.82) is 0 Å². The third-order valence-electron chi connectivity index (χ3n) is 5.74. The molecule has 1 aliphatic rings. The number of hydrogen-bond acceptors (Lipinski definition) is 4. The van der Waals surface area contributed by atoms with Gasteiger partial charge in [0.15, 0.2) is 0 Å². The van der Waals surface area contributed by atoms with Gasteiger partial charge in [-0.2, -0.15) is 0 Å². The number of imidazole rings is 1. The molecular weight excluding hydrogens is 362 g/mol. The first-order valence-electron chi connectivity index (χ1n) is 10.4. The first-order valence-corrected chi connectivity index (χ1v) is 10.4. The molecule has 0 aliphatic carbocycles. The van der Waals surface area contributed by atoms with Gasteiger partial charge < -0.3 is 20.1 Å². The number of amides is 1. The van der Waals surface area contributed by atoms with Gasteiger partial charge in [0.2, 0.25) is 5.95 Å². The van der Waals surface area contributed by atoms with Crippen molar-refractivity contribution in [1.82, 2.24) is 14.5 Å². The molecule has 0 saturated carbocycles. The minimum atomic E-state index is -0.0140. The number of fused-ring (bicyclic) bond motifs is 1. The lowest BCUT2D eigenvalue weighted by atomic mass is 10.0. The quantitative estimate of drug-likeness (QED) is 0.725. The average Bonchev–Trinajstić information content (AvgIpc) is 3.17. The van der Waals surface area contributed by atoms with Crippen molar-refractivity contribution in [3.63, 3.8) is 0 Å². The summed E-state index contributed by atoms with van der Waals surface area (Å²) in [5.74, 6) is 0.837. The molecule has 1 saturated heterocycles. The zero-order chi connectivity index (χ0) is 20.4. The van der Waals surface area contributed by atoms with Crippen LogP contribution in [0.15, 0.2) is 48.7 Å². The molecule has 1 fully saturated rings. The normalized spacial score (nSPS) is 16.9. The minimum Gasteiger partial charge on any atom is -0.341 e. The molecule has 2 aromatic carbocycles. The second-order valence-electron chi connectivity index (χ2n) is 7.84. The average molecular weight is 392 g/mol. The second kappa shape index (κ2) is 8.25. The molecule has 1 aromatic heterocycles. The maximum absolute atomic E-state index is 13.2. The molecule has 29 heavy (non-hydrogen) atoms. The molecule has 1 atom stereocenters. The second-order valence-corrected chi connectivity index (χ2v) is 7.84. The van der Waals surface area contributed by atoms with E-state index in [2.05, 4.69) is 41.1 Å². The van der Waals surface area contributed by atoms with E-state index in [1.54, 1.807) is 11.1 Å². The molecule has 0 bridgehead atoms. The van der Waals surface area contributed by atoms with Crippen LogP contribution in [0.25, 0.3) is 10.8 Å². The lowest BCUT2D eigenvalue weighted by molar-refractivity contribution is 0.0775. The van der Waals surface area contributed by atoms with Gasteiger partial charge in [-0.05, 0) is 36.1 Å². The van der Waals surface area contributed by atoms with Crippen LogP contribution in [0.1, 0.15) is 35.8 Å². The summed E-state index contributed by atoms with van der Waals surface area (Å²) in [5, 5.41) is 2.37. The van der Waals surface area contributed by atoms with Crippen LogP contribution in [0.3, 0.4) is 0 Å². The number of nitrogens with two attached hydrogens (primary N) is 1. The van der Waals surface area contributed by atoms with Crippen molar-refractivity contribution in [3.8, 4) is 0 Å². The van der Waals surface area contributed by atoms with Crippen LogP contribution >= 0.6 is 0 Å². The maximum atomic E-state index is 13.2. The number of benzene rings is 2. The first kappa shape index (κ1) is 19.5. The molecule has 2 heterocycles. The van der Waals surface area contributed by atoms with Crippen LogP contribution in [0.5, 0.6) is 0 Å². The fourth-order valence-corrected chi connectivity index (χ4v) is 4.25. The van der Waals surface area contributed by atoms with Gasteiger partial charge in [-0.15, -0.1) is 0 Å². The summed E-state index contributed by atoms with van der Waals surface area (Å²) in [6.07, 6.45) is 3.81. The summed E-state index contributed by atoms with van der Waals surface area (Å²) < 4.78 is 2.01. The smallest absolute Gasteiger partial charge is 0.272 e. The number of nitrogens with zero attached hydrogens (tertiary/aromatic N) is 4. The largest absolute Gasteiger partial charge is 0.341 e. The molecule has 1 unspecified atom stereocenters. The Hall–Kier alpha value is -2.86. The molecule has 4 rings (SSSR count). The van der Waals surface area contributed by atoms with Gasteiger partial charge in [0.25, 0.3) is 5.91 Å². The number of carbonyl (C=O) groups is 1. The predicted octanol–water partition coefficient (Wildman–Crippen LogP) is 3.26. The lowest BCUT2D eigenvalue weighted by Gasteiger charge is -2.32. The summed E-state index contributed by atoms with van der Waals surface area (Å²) in [4.78, 5) is 21.8. The maximum Gasteiger partial charge on any atom is 0.272 e. The van der Waals surface area contributed by atoms with Crippen molar-refractivity contribution < 1.29 is 4.79 Å². The molecule has 6 nitrogen and oxygen atoms in total. The zero-order valence-electron chi connectivity index (χ0n) is 17.2. The molecule has 6 heteroatoms. The Kier molecular flexibility index (Phi) is 5.53. The molecule has 1 amide bonds. The van der Waals surface area contributed by atoms with Gasteiger partial charge in [0.05, 0.1) is 6.20 Å². The highest BCUT2D eigenvalue weighted by Gasteiger charge is 2.25. The van der Waals surface area contributed by atoms with Crippen molar-refractivity contribution in [2.45, 2.75) is 38.9 Å². The monoisotopic (exact) mass is 391 g/mol. The number of carbonyl (C=O) groups excluding carboxylic acids is 1. The van der Waals surface area contributed by atoms with Gasteiger partial charge in [0, 0.05) is 39.3 Å². The van der Waals surface area contributed by atoms with Gasteiger partial charge in [0.1, 0.15) is 5.69 Å². The number of aromatic nitrogens is 2. The van der Waals surface area contributed by atoms with E-state index in [1.807, 2.05) is 29.8 Å². The molecule has 152 valence electrons. The van der Waals surface area contributed by atoms with Crippen molar-refractivity contribution in [2.24, 2.45) is 5.73 Å². The summed E-state index contributed by atoms with van der Waals surface area (Å²) in [7, 11) is 1.85. The van der Waals surface area contributed by atoms with E-state index in [0.717, 1.165) is 37.4 Å². The topological polar surface area (TPSA) is 67.4 Å². The van der Waals surface area contributed by atoms with Crippen molar-refractivity contribution >= 4 is 22.6 Å². The number of piperidine rings is 1. The predicted molar refractivity (Wildman–Crippen MR) is 117 cm³/mol. The Bertz CT molecular complexity index is 1010. The zero-order valence-corrected chi connectivity index (χ0v) is 17.2. The molecule has 3 aromatic rings. The van der Waals surface area contributed by atoms with E-state index in [4.69, 9.17) is 5.73 Å². The van der Waals surface area contributed by atoms with Crippen LogP contribution in [0.4, 0.5) is 5.95 Å². The van der Waals surface area contributed by atoms with E-state index in [0.29, 0.717) is 18.8 Å². The third kappa shape index (κ3) is 3.85. The highest BCUT2D eigenvalue weighted by molar-refractivity contribution is 5.93. The summed E-state index contributed by atoms with van der Waals surface area (Å²) in [6, 6.07) is 14.7. The van der Waals surface area contributed by atoms with Crippen LogP contribution in [-0.4, -0.2) is 46.5 Å². The molecule has 1 aliphatic heterocycles. The fourth-order valence-electron chi connectivity index (χ4n) is 4.25. The van der Waals surface area contributed by atoms with E-state index in [-0.39, 0.29) is 11.9 Å². The number of hydrogen-bond donors (Lipinski definition) is 1. The van der Waals surface area contributed by atoms with Crippen molar-refractivity contribution in [3.05, 3.63) is 59.9 Å².